The number of anilines is 1. The monoisotopic (exact) mass is 310 g/mol. The number of non-ortho nitro benzene ring substituents is 1. The molecule has 0 bridgehead atoms. The average Bonchev–Trinajstić information content (AvgIpc) is 2.37. The van der Waals surface area contributed by atoms with Gasteiger partial charge in [-0.1, -0.05) is 11.6 Å². The third-order valence-corrected chi connectivity index (χ3v) is 2.74. The Morgan fingerprint density at radius 2 is 1.95 bits per heavy atom. The van der Waals surface area contributed by atoms with E-state index >= 15 is 0 Å². The number of rotatable bonds is 3. The van der Waals surface area contributed by atoms with Gasteiger partial charge in [-0.2, -0.15) is 0 Å². The quantitative estimate of drug-likeness (QED) is 0.570. The summed E-state index contributed by atoms with van der Waals surface area (Å²) in [6, 6.07) is 4.29. The minimum absolute atomic E-state index is 0.00899. The number of benzene rings is 1. The highest BCUT2D eigenvalue weighted by Gasteiger charge is 2.16. The summed E-state index contributed by atoms with van der Waals surface area (Å²) in [4.78, 5) is 48.2. The molecule has 0 aliphatic heterocycles. The summed E-state index contributed by atoms with van der Waals surface area (Å²) in [6.07, 6.45) is 0. The van der Waals surface area contributed by atoms with Crippen molar-refractivity contribution in [3.63, 3.8) is 0 Å². The van der Waals surface area contributed by atoms with E-state index in [1.54, 1.807) is 0 Å². The van der Waals surface area contributed by atoms with Crippen molar-refractivity contribution in [2.24, 2.45) is 0 Å². The van der Waals surface area contributed by atoms with Crippen LogP contribution in [0.1, 0.15) is 10.4 Å². The number of nitro benzene ring substituents is 1. The molecule has 9 nitrogen and oxygen atoms in total. The molecule has 0 fully saturated rings. The van der Waals surface area contributed by atoms with Crippen LogP contribution >= 0.6 is 11.6 Å². The smallest absolute Gasteiger partial charge is 0.308 e. The Morgan fingerprint density at radius 1 is 1.24 bits per heavy atom. The molecule has 0 saturated heterocycles. The van der Waals surface area contributed by atoms with Crippen molar-refractivity contribution in [1.29, 1.82) is 0 Å². The molecule has 0 radical (unpaired) electrons. The summed E-state index contributed by atoms with van der Waals surface area (Å²) in [5, 5.41) is 12.9. The Hall–Kier alpha value is -2.94. The number of H-pyrrole nitrogens is 2. The third-order valence-electron chi connectivity index (χ3n) is 2.41. The second-order valence-electron chi connectivity index (χ2n) is 3.88. The highest BCUT2D eigenvalue weighted by Crippen LogP contribution is 2.22. The fourth-order valence-electron chi connectivity index (χ4n) is 1.53. The van der Waals surface area contributed by atoms with Crippen molar-refractivity contribution in [2.75, 3.05) is 5.32 Å². The van der Waals surface area contributed by atoms with Crippen molar-refractivity contribution in [1.82, 2.24) is 9.97 Å². The SMILES string of the molecule is O=C(Nc1cc(=O)[nH]c(=O)[nH]1)c1cc([N+](=O)[O-])ccc1Cl. The van der Waals surface area contributed by atoms with Crippen LogP contribution < -0.4 is 16.6 Å². The lowest BCUT2D eigenvalue weighted by Crippen LogP contribution is -2.24. The van der Waals surface area contributed by atoms with Crippen LogP contribution in [0, 0.1) is 10.1 Å². The minimum Gasteiger partial charge on any atom is -0.308 e. The second-order valence-corrected chi connectivity index (χ2v) is 4.28. The zero-order valence-electron chi connectivity index (χ0n) is 10.2. The van der Waals surface area contributed by atoms with E-state index in [0.717, 1.165) is 18.2 Å². The third kappa shape index (κ3) is 3.34. The minimum atomic E-state index is -0.803. The van der Waals surface area contributed by atoms with E-state index in [4.69, 9.17) is 11.6 Å². The van der Waals surface area contributed by atoms with Crippen LogP contribution in [0.5, 0.6) is 0 Å². The number of nitro groups is 1. The van der Waals surface area contributed by atoms with Gasteiger partial charge in [-0.05, 0) is 6.07 Å². The van der Waals surface area contributed by atoms with Crippen LogP contribution in [0.15, 0.2) is 33.9 Å². The first-order valence-corrected chi connectivity index (χ1v) is 5.83. The standard InChI is InChI=1S/C11H7ClN4O5/c12-7-2-1-5(16(20)21)3-6(7)10(18)13-8-4-9(17)15-11(19)14-8/h1-4H,(H3,13,14,15,17,18,19). The van der Waals surface area contributed by atoms with E-state index in [1.807, 2.05) is 4.98 Å². The molecule has 21 heavy (non-hydrogen) atoms. The molecular formula is C11H7ClN4O5. The van der Waals surface area contributed by atoms with Gasteiger partial charge < -0.3 is 5.32 Å². The van der Waals surface area contributed by atoms with Crippen LogP contribution in [0.25, 0.3) is 0 Å². The maximum absolute atomic E-state index is 12.0. The number of hydrogen-bond acceptors (Lipinski definition) is 5. The van der Waals surface area contributed by atoms with E-state index in [1.165, 1.54) is 6.07 Å². The molecular weight excluding hydrogens is 304 g/mol. The first kappa shape index (κ1) is 14.5. The summed E-state index contributed by atoms with van der Waals surface area (Å²) in [7, 11) is 0. The van der Waals surface area contributed by atoms with Crippen molar-refractivity contribution in [3.05, 3.63) is 65.8 Å². The maximum Gasteiger partial charge on any atom is 0.327 e. The highest BCUT2D eigenvalue weighted by molar-refractivity contribution is 6.34. The molecule has 1 aromatic carbocycles. The average molecular weight is 311 g/mol. The lowest BCUT2D eigenvalue weighted by atomic mass is 10.2. The van der Waals surface area contributed by atoms with E-state index in [-0.39, 0.29) is 22.1 Å². The molecule has 10 heteroatoms. The first-order chi connectivity index (χ1) is 9.86. The number of aromatic nitrogens is 2. The van der Waals surface area contributed by atoms with Gasteiger partial charge >= 0.3 is 5.69 Å². The molecule has 0 saturated carbocycles. The summed E-state index contributed by atoms with van der Waals surface area (Å²) in [6.45, 7) is 0. The van der Waals surface area contributed by atoms with Gasteiger partial charge in [0.05, 0.1) is 15.5 Å². The van der Waals surface area contributed by atoms with Crippen LogP contribution in [-0.2, 0) is 0 Å². The molecule has 1 heterocycles. The van der Waals surface area contributed by atoms with Crippen LogP contribution in [0.2, 0.25) is 5.02 Å². The van der Waals surface area contributed by atoms with Crippen LogP contribution in [-0.4, -0.2) is 20.8 Å². The van der Waals surface area contributed by atoms with Gasteiger partial charge in [0.2, 0.25) is 0 Å². The lowest BCUT2D eigenvalue weighted by Gasteiger charge is -2.05. The van der Waals surface area contributed by atoms with E-state index in [9.17, 15) is 24.5 Å². The maximum atomic E-state index is 12.0. The number of nitrogens with zero attached hydrogens (tertiary/aromatic N) is 1. The molecule has 0 aliphatic carbocycles. The van der Waals surface area contributed by atoms with Crippen LogP contribution in [0.4, 0.5) is 11.5 Å². The van der Waals surface area contributed by atoms with E-state index in [0.29, 0.717) is 0 Å². The highest BCUT2D eigenvalue weighted by atomic mass is 35.5. The van der Waals surface area contributed by atoms with E-state index < -0.39 is 22.1 Å². The Morgan fingerprint density at radius 3 is 2.57 bits per heavy atom. The van der Waals surface area contributed by atoms with Gasteiger partial charge in [-0.15, -0.1) is 0 Å². The Bertz CT molecular complexity index is 813. The zero-order valence-corrected chi connectivity index (χ0v) is 10.9. The van der Waals surface area contributed by atoms with Gasteiger partial charge in [-0.25, -0.2) is 4.79 Å². The van der Waals surface area contributed by atoms with Crippen molar-refractivity contribution in [2.45, 2.75) is 0 Å². The number of hydrogen-bond donors (Lipinski definition) is 3. The van der Waals surface area contributed by atoms with Crippen molar-refractivity contribution in [3.8, 4) is 0 Å². The Balaban J connectivity index is 2.36. The van der Waals surface area contributed by atoms with E-state index in [2.05, 4.69) is 10.3 Å². The Labute approximate surface area is 120 Å². The number of nitrogens with one attached hydrogen (secondary N) is 3. The van der Waals surface area contributed by atoms with Gasteiger partial charge in [0, 0.05) is 18.2 Å². The van der Waals surface area contributed by atoms with Gasteiger partial charge in [0.25, 0.3) is 17.2 Å². The number of halogens is 1. The van der Waals surface area contributed by atoms with Crippen molar-refractivity contribution < 1.29 is 9.72 Å². The molecule has 3 N–H and O–H groups in total. The van der Waals surface area contributed by atoms with Gasteiger partial charge in [0.15, 0.2) is 0 Å². The molecule has 108 valence electrons. The topological polar surface area (TPSA) is 138 Å². The molecule has 2 rings (SSSR count). The number of amides is 1. The molecule has 2 aromatic rings. The van der Waals surface area contributed by atoms with Gasteiger partial charge in [-0.3, -0.25) is 29.7 Å². The predicted octanol–water partition coefficient (Wildman–Crippen LogP) is 0.877. The fourth-order valence-corrected chi connectivity index (χ4v) is 1.73. The Kier molecular flexibility index (Phi) is 3.85. The number of aromatic amines is 2. The molecule has 0 atom stereocenters. The molecule has 1 aromatic heterocycles. The largest absolute Gasteiger partial charge is 0.327 e. The first-order valence-electron chi connectivity index (χ1n) is 5.46. The fraction of sp³-hybridized carbons (Fsp3) is 0. The molecule has 0 unspecified atom stereocenters. The van der Waals surface area contributed by atoms with Crippen molar-refractivity contribution >= 4 is 29.0 Å². The predicted molar refractivity (Wildman–Crippen MR) is 73.7 cm³/mol. The summed E-state index contributed by atoms with van der Waals surface area (Å²) >= 11 is 5.80. The summed E-state index contributed by atoms with van der Waals surface area (Å²) in [5.41, 5.74) is -1.99. The lowest BCUT2D eigenvalue weighted by molar-refractivity contribution is -0.384. The molecule has 0 spiro atoms. The summed E-state index contributed by atoms with van der Waals surface area (Å²) in [5.74, 6) is -0.957. The molecule has 1 amide bonds. The van der Waals surface area contributed by atoms with Gasteiger partial charge in [0.1, 0.15) is 5.82 Å². The number of carbonyl (C=O) groups is 1. The normalized spacial score (nSPS) is 10.1. The van der Waals surface area contributed by atoms with Crippen LogP contribution in [0.3, 0.4) is 0 Å². The number of carbonyl (C=O) groups excluding carboxylic acids is 1. The second kappa shape index (κ2) is 5.59. The zero-order chi connectivity index (χ0) is 15.6. The summed E-state index contributed by atoms with van der Waals surface area (Å²) < 4.78 is 0. The molecule has 0 aliphatic rings.